The van der Waals surface area contributed by atoms with Crippen LogP contribution in [0.5, 0.6) is 0 Å². The third kappa shape index (κ3) is 2.73. The summed E-state index contributed by atoms with van der Waals surface area (Å²) in [7, 11) is 0. The highest BCUT2D eigenvalue weighted by molar-refractivity contribution is 5.67. The Kier molecular flexibility index (Phi) is 3.83. The van der Waals surface area contributed by atoms with E-state index in [1.807, 2.05) is 17.0 Å². The molecule has 4 N–H and O–H groups in total. The highest BCUT2D eigenvalue weighted by Gasteiger charge is 2.27. The number of aliphatic hydroxyl groups is 1. The lowest BCUT2D eigenvalue weighted by molar-refractivity contribution is -0.110. The summed E-state index contributed by atoms with van der Waals surface area (Å²) in [5.74, 6) is 1.54. The molecule has 1 amide bonds. The molecule has 0 spiro atoms. The Morgan fingerprint density at radius 3 is 2.95 bits per heavy atom. The van der Waals surface area contributed by atoms with Crippen LogP contribution in [0.3, 0.4) is 0 Å². The number of carbonyl (C=O) groups excluding carboxylic acids is 1. The molecule has 0 aliphatic carbocycles. The van der Waals surface area contributed by atoms with E-state index in [0.29, 0.717) is 12.2 Å². The monoisotopic (exact) mass is 291 g/mol. The number of anilines is 3. The smallest absolute Gasteiger partial charge is 0.208 e. The average molecular weight is 291 g/mol. The van der Waals surface area contributed by atoms with E-state index in [9.17, 15) is 9.90 Å². The Bertz CT molecular complexity index is 524. The van der Waals surface area contributed by atoms with Crippen LogP contribution in [-0.4, -0.2) is 48.4 Å². The minimum Gasteiger partial charge on any atom is -0.396 e. The molecule has 2 fully saturated rings. The number of nitrogens with two attached hydrogens (primary N) is 1. The molecule has 2 aliphatic heterocycles. The number of rotatable bonds is 4. The van der Waals surface area contributed by atoms with Crippen LogP contribution in [0.25, 0.3) is 0 Å². The molecule has 1 aromatic heterocycles. The number of nitrogens with zero attached hydrogens (tertiary/aromatic N) is 3. The summed E-state index contributed by atoms with van der Waals surface area (Å²) in [4.78, 5) is 19.5. The van der Waals surface area contributed by atoms with E-state index in [1.165, 1.54) is 0 Å². The third-order valence-corrected chi connectivity index (χ3v) is 4.16. The number of nitrogens with one attached hydrogen (secondary N) is 1. The van der Waals surface area contributed by atoms with Crippen LogP contribution in [0.4, 0.5) is 17.3 Å². The van der Waals surface area contributed by atoms with Gasteiger partial charge in [0.05, 0.1) is 11.8 Å². The normalized spacial score (nSPS) is 25.4. The molecular formula is C14H21N5O2. The van der Waals surface area contributed by atoms with Crippen molar-refractivity contribution in [2.75, 3.05) is 35.2 Å². The fraction of sp³-hybridized carbons (Fsp3) is 0.571. The molecule has 114 valence electrons. The molecule has 21 heavy (non-hydrogen) atoms. The summed E-state index contributed by atoms with van der Waals surface area (Å²) in [6.07, 6.45) is 3.10. The van der Waals surface area contributed by atoms with Gasteiger partial charge in [0.25, 0.3) is 0 Å². The Morgan fingerprint density at radius 2 is 2.24 bits per heavy atom. The van der Waals surface area contributed by atoms with E-state index >= 15 is 0 Å². The highest BCUT2D eigenvalue weighted by Crippen LogP contribution is 2.30. The largest absolute Gasteiger partial charge is 0.396 e. The maximum Gasteiger partial charge on any atom is 0.208 e. The fourth-order valence-electron chi connectivity index (χ4n) is 3.09. The van der Waals surface area contributed by atoms with Gasteiger partial charge in [-0.2, -0.15) is 0 Å². The van der Waals surface area contributed by atoms with Gasteiger partial charge >= 0.3 is 0 Å². The Morgan fingerprint density at radius 1 is 1.38 bits per heavy atom. The predicted octanol–water partition coefficient (Wildman–Crippen LogP) is -0.0929. The number of amides is 1. The second-order valence-corrected chi connectivity index (χ2v) is 5.61. The molecule has 0 saturated carbocycles. The van der Waals surface area contributed by atoms with Crippen molar-refractivity contribution in [3.63, 3.8) is 0 Å². The van der Waals surface area contributed by atoms with Gasteiger partial charge in [-0.15, -0.1) is 0 Å². The number of aliphatic hydroxyl groups excluding tert-OH is 1. The first-order chi connectivity index (χ1) is 10.2. The number of carbonyl (C=O) groups is 1. The molecule has 3 rings (SSSR count). The summed E-state index contributed by atoms with van der Waals surface area (Å²) in [5, 5.41) is 12.5. The van der Waals surface area contributed by atoms with Crippen LogP contribution in [0, 0.1) is 0 Å². The number of nitrogen functional groups attached to an aromatic ring is 1. The van der Waals surface area contributed by atoms with E-state index in [-0.39, 0.29) is 12.3 Å². The Labute approximate surface area is 123 Å². The number of β-amino-alcohol motifs (C(OH)–C–C–N with tert-alkyl or cyclic N) is 1. The van der Waals surface area contributed by atoms with Crippen molar-refractivity contribution >= 4 is 23.7 Å². The second kappa shape index (κ2) is 5.77. The van der Waals surface area contributed by atoms with Crippen LogP contribution in [0.2, 0.25) is 0 Å². The van der Waals surface area contributed by atoms with Crippen molar-refractivity contribution in [1.82, 2.24) is 10.3 Å². The number of hydrogen-bond donors (Lipinski definition) is 3. The maximum absolute atomic E-state index is 10.7. The van der Waals surface area contributed by atoms with Gasteiger partial charge in [-0.3, -0.25) is 4.79 Å². The lowest BCUT2D eigenvalue weighted by Crippen LogP contribution is -2.41. The fourth-order valence-corrected chi connectivity index (χ4v) is 3.09. The van der Waals surface area contributed by atoms with Gasteiger partial charge in [-0.05, 0) is 31.4 Å². The summed E-state index contributed by atoms with van der Waals surface area (Å²) in [6.45, 7) is 2.19. The molecule has 7 nitrogen and oxygen atoms in total. The second-order valence-electron chi connectivity index (χ2n) is 5.61. The minimum absolute atomic E-state index is 0.00403. The first kappa shape index (κ1) is 13.9. The van der Waals surface area contributed by atoms with Gasteiger partial charge < -0.3 is 26.0 Å². The number of aromatic nitrogens is 1. The number of hydrogen-bond acceptors (Lipinski definition) is 6. The first-order valence-electron chi connectivity index (χ1n) is 7.35. The first-order valence-corrected chi connectivity index (χ1v) is 7.35. The molecule has 0 aromatic carbocycles. The van der Waals surface area contributed by atoms with Crippen LogP contribution >= 0.6 is 0 Å². The van der Waals surface area contributed by atoms with E-state index in [2.05, 4.69) is 15.2 Å². The molecule has 2 aliphatic rings. The summed E-state index contributed by atoms with van der Waals surface area (Å²) >= 11 is 0. The SMILES string of the molecule is Nc1ccc(N2CCCC2NC=O)nc1N1CCC(O)C1. The summed E-state index contributed by atoms with van der Waals surface area (Å²) in [6, 6.07) is 3.73. The zero-order chi connectivity index (χ0) is 14.8. The molecule has 3 heterocycles. The molecule has 0 bridgehead atoms. The van der Waals surface area contributed by atoms with Crippen LogP contribution in [-0.2, 0) is 4.79 Å². The van der Waals surface area contributed by atoms with Crippen molar-refractivity contribution < 1.29 is 9.90 Å². The van der Waals surface area contributed by atoms with Crippen molar-refractivity contribution in [3.8, 4) is 0 Å². The molecular weight excluding hydrogens is 270 g/mol. The van der Waals surface area contributed by atoms with Gasteiger partial charge in [0, 0.05) is 19.6 Å². The van der Waals surface area contributed by atoms with Crippen molar-refractivity contribution in [2.24, 2.45) is 0 Å². The van der Waals surface area contributed by atoms with Gasteiger partial charge in [0.2, 0.25) is 6.41 Å². The standard InChI is InChI=1S/C14H21N5O2/c15-11-3-4-13(19-6-1-2-12(19)16-9-20)17-14(11)18-7-5-10(21)8-18/h3-4,9-10,12,21H,1-2,5-8,15H2,(H,16,20). The van der Waals surface area contributed by atoms with E-state index < -0.39 is 0 Å². The van der Waals surface area contributed by atoms with Crippen LogP contribution in [0.1, 0.15) is 19.3 Å². The van der Waals surface area contributed by atoms with Gasteiger partial charge in [-0.1, -0.05) is 0 Å². The van der Waals surface area contributed by atoms with E-state index in [4.69, 9.17) is 5.73 Å². The van der Waals surface area contributed by atoms with Gasteiger partial charge in [0.15, 0.2) is 5.82 Å². The third-order valence-electron chi connectivity index (χ3n) is 4.16. The molecule has 7 heteroatoms. The Balaban J connectivity index is 1.85. The van der Waals surface area contributed by atoms with Crippen molar-refractivity contribution in [2.45, 2.75) is 31.5 Å². The zero-order valence-corrected chi connectivity index (χ0v) is 11.9. The topological polar surface area (TPSA) is 94.7 Å². The predicted molar refractivity (Wildman–Crippen MR) is 81.1 cm³/mol. The van der Waals surface area contributed by atoms with Crippen molar-refractivity contribution in [1.29, 1.82) is 0 Å². The average Bonchev–Trinajstić information content (AvgIpc) is 3.09. The highest BCUT2D eigenvalue weighted by atomic mass is 16.3. The minimum atomic E-state index is -0.314. The summed E-state index contributed by atoms with van der Waals surface area (Å²) in [5.41, 5.74) is 6.65. The lowest BCUT2D eigenvalue weighted by atomic mass is 10.3. The molecule has 2 unspecified atom stereocenters. The molecule has 2 saturated heterocycles. The van der Waals surface area contributed by atoms with E-state index in [0.717, 1.165) is 50.4 Å². The van der Waals surface area contributed by atoms with E-state index in [1.54, 1.807) is 0 Å². The molecule has 1 aromatic rings. The number of pyridine rings is 1. The van der Waals surface area contributed by atoms with Crippen molar-refractivity contribution in [3.05, 3.63) is 12.1 Å². The molecule has 0 radical (unpaired) electrons. The summed E-state index contributed by atoms with van der Waals surface area (Å²) < 4.78 is 0. The van der Waals surface area contributed by atoms with Gasteiger partial charge in [0.1, 0.15) is 12.0 Å². The van der Waals surface area contributed by atoms with Crippen LogP contribution < -0.4 is 20.9 Å². The van der Waals surface area contributed by atoms with Gasteiger partial charge in [-0.25, -0.2) is 4.98 Å². The zero-order valence-electron chi connectivity index (χ0n) is 11.9. The van der Waals surface area contributed by atoms with Crippen LogP contribution in [0.15, 0.2) is 12.1 Å². The molecule has 2 atom stereocenters. The quantitative estimate of drug-likeness (QED) is 0.671. The Hall–Kier alpha value is -2.02. The maximum atomic E-state index is 10.7. The lowest BCUT2D eigenvalue weighted by Gasteiger charge is -2.27.